The van der Waals surface area contributed by atoms with E-state index in [2.05, 4.69) is 97.1 Å². The van der Waals surface area contributed by atoms with E-state index in [0.717, 1.165) is 0 Å². The van der Waals surface area contributed by atoms with Crippen LogP contribution in [0.4, 0.5) is 0 Å². The van der Waals surface area contributed by atoms with Gasteiger partial charge in [-0.25, -0.2) is 10.8 Å². The normalized spacial score (nSPS) is 9.04. The van der Waals surface area contributed by atoms with Crippen molar-refractivity contribution in [1.29, 1.82) is 10.8 Å². The Morgan fingerprint density at radius 3 is 0.652 bits per heavy atom. The minimum Gasteiger partial charge on any atom is -0.242 e. The highest BCUT2D eigenvalue weighted by molar-refractivity contribution is 5.82. The predicted molar refractivity (Wildman–Crippen MR) is 98.3 cm³/mol. The van der Waals surface area contributed by atoms with Gasteiger partial charge in [0.15, 0.2) is 0 Å². The lowest BCUT2D eigenvalue weighted by Gasteiger charge is -1.92. The van der Waals surface area contributed by atoms with Gasteiger partial charge in [0.25, 0.3) is 0 Å². The fourth-order valence-electron chi connectivity index (χ4n) is 2.27. The zero-order valence-corrected chi connectivity index (χ0v) is 12.7. The first-order valence-electron chi connectivity index (χ1n) is 7.31. The first-order valence-corrected chi connectivity index (χ1v) is 7.31. The molecule has 0 aliphatic carbocycles. The van der Waals surface area contributed by atoms with E-state index in [1.54, 1.807) is 0 Å². The number of hydrogen-bond acceptors (Lipinski definition) is 2. The molecule has 0 radical (unpaired) electrons. The molecule has 0 aromatic heterocycles. The van der Waals surface area contributed by atoms with Crippen LogP contribution >= 0.6 is 0 Å². The van der Waals surface area contributed by atoms with Gasteiger partial charge in [-0.2, -0.15) is 0 Å². The maximum absolute atomic E-state index is 5.62. The van der Waals surface area contributed by atoms with Gasteiger partial charge in [0.05, 0.1) is 6.01 Å². The van der Waals surface area contributed by atoms with E-state index in [1.165, 1.54) is 27.6 Å². The second kappa shape index (κ2) is 8.93. The van der Waals surface area contributed by atoms with E-state index in [-0.39, 0.29) is 0 Å². The summed E-state index contributed by atoms with van der Waals surface area (Å²) in [6.45, 7) is 0. The lowest BCUT2D eigenvalue weighted by Crippen LogP contribution is -1.67. The summed E-state index contributed by atoms with van der Waals surface area (Å²) in [6.07, 6.45) is 0. The van der Waals surface area contributed by atoms with Gasteiger partial charge in [-0.15, -0.1) is 0 Å². The standard InChI is InChI=1S/2C10H8.CH2N2/c2*1-2-6-10-8-4-3-7-9(10)5-1;2-1-3/h2*1-8H;2-3H. The molecule has 2 nitrogen and oxygen atoms in total. The number of benzene rings is 4. The first kappa shape index (κ1) is 16.2. The summed E-state index contributed by atoms with van der Waals surface area (Å²) in [6, 6.07) is 34.7. The van der Waals surface area contributed by atoms with Gasteiger partial charge in [0, 0.05) is 0 Å². The number of hydrogen-bond donors (Lipinski definition) is 2. The molecule has 0 heterocycles. The van der Waals surface area contributed by atoms with E-state index >= 15 is 0 Å². The molecule has 2 N–H and O–H groups in total. The molecule has 0 aliphatic heterocycles. The second-order valence-electron chi connectivity index (χ2n) is 4.82. The number of rotatable bonds is 0. The maximum atomic E-state index is 5.62. The molecule has 2 heteroatoms. The molecule has 0 atom stereocenters. The van der Waals surface area contributed by atoms with Crippen LogP contribution in [0.3, 0.4) is 0 Å². The minimum atomic E-state index is 1.25. The van der Waals surface area contributed by atoms with Crippen LogP contribution in [0.25, 0.3) is 21.5 Å². The summed E-state index contributed by atoms with van der Waals surface area (Å²) in [7, 11) is 0. The first-order chi connectivity index (χ1) is 11.3. The second-order valence-corrected chi connectivity index (χ2v) is 4.82. The molecule has 23 heavy (non-hydrogen) atoms. The van der Waals surface area contributed by atoms with Crippen molar-refractivity contribution in [2.45, 2.75) is 0 Å². The van der Waals surface area contributed by atoms with E-state index in [1.807, 2.05) is 0 Å². The average Bonchev–Trinajstić information content (AvgIpc) is 2.63. The monoisotopic (exact) mass is 298 g/mol. The minimum absolute atomic E-state index is 1.25. The molecule has 4 aromatic carbocycles. The quantitative estimate of drug-likeness (QED) is 0.374. The number of fused-ring (bicyclic) bond motifs is 2. The Bertz CT molecular complexity index is 705. The largest absolute Gasteiger partial charge is 0.242 e. The Morgan fingerprint density at radius 1 is 0.391 bits per heavy atom. The van der Waals surface area contributed by atoms with Crippen LogP contribution in [0, 0.1) is 10.8 Å². The molecule has 0 aliphatic rings. The summed E-state index contributed by atoms with van der Waals surface area (Å²) < 4.78 is 0. The van der Waals surface area contributed by atoms with Crippen molar-refractivity contribution in [3.63, 3.8) is 0 Å². The van der Waals surface area contributed by atoms with Crippen LogP contribution in [0.2, 0.25) is 0 Å². The Hall–Kier alpha value is -3.22. The van der Waals surface area contributed by atoms with Crippen molar-refractivity contribution in [3.05, 3.63) is 97.1 Å². The van der Waals surface area contributed by atoms with E-state index < -0.39 is 0 Å². The summed E-state index contributed by atoms with van der Waals surface area (Å²) in [5.74, 6) is 0. The van der Waals surface area contributed by atoms with Gasteiger partial charge in [-0.05, 0) is 21.5 Å². The third-order valence-corrected chi connectivity index (χ3v) is 3.32. The molecule has 4 rings (SSSR count). The van der Waals surface area contributed by atoms with E-state index in [4.69, 9.17) is 10.8 Å². The highest BCUT2D eigenvalue weighted by atomic mass is 14.4. The Balaban J connectivity index is 0.000000143. The highest BCUT2D eigenvalue weighted by Gasteiger charge is 1.86. The topological polar surface area (TPSA) is 47.7 Å². The van der Waals surface area contributed by atoms with Crippen molar-refractivity contribution >= 4 is 27.6 Å². The Labute approximate surface area is 136 Å². The SMILES string of the molecule is N=C=N.c1ccc2ccccc2c1.c1ccc2ccccc2c1. The lowest BCUT2D eigenvalue weighted by molar-refractivity contribution is 1.47. The molecule has 0 spiro atoms. The van der Waals surface area contributed by atoms with Gasteiger partial charge >= 0.3 is 0 Å². The third-order valence-electron chi connectivity index (χ3n) is 3.32. The van der Waals surface area contributed by atoms with Crippen molar-refractivity contribution in [3.8, 4) is 0 Å². The van der Waals surface area contributed by atoms with Crippen molar-refractivity contribution in [2.75, 3.05) is 0 Å². The zero-order valence-electron chi connectivity index (χ0n) is 12.7. The van der Waals surface area contributed by atoms with Crippen molar-refractivity contribution in [1.82, 2.24) is 0 Å². The lowest BCUT2D eigenvalue weighted by atomic mass is 10.1. The molecule has 0 saturated heterocycles. The van der Waals surface area contributed by atoms with Crippen molar-refractivity contribution < 1.29 is 0 Å². The molecule has 0 amide bonds. The van der Waals surface area contributed by atoms with Crippen LogP contribution in [0.15, 0.2) is 97.1 Å². The van der Waals surface area contributed by atoms with Crippen LogP contribution in [-0.4, -0.2) is 6.01 Å². The molecular weight excluding hydrogens is 280 g/mol. The van der Waals surface area contributed by atoms with E-state index in [0.29, 0.717) is 0 Å². The van der Waals surface area contributed by atoms with Crippen LogP contribution in [-0.2, 0) is 0 Å². The summed E-state index contributed by atoms with van der Waals surface area (Å²) in [5, 5.41) is 16.5. The molecule has 0 unspecified atom stereocenters. The third kappa shape index (κ3) is 4.92. The Morgan fingerprint density at radius 2 is 0.522 bits per heavy atom. The van der Waals surface area contributed by atoms with E-state index in [9.17, 15) is 0 Å². The van der Waals surface area contributed by atoms with Crippen LogP contribution in [0.5, 0.6) is 0 Å². The molecule has 0 saturated carbocycles. The van der Waals surface area contributed by atoms with Gasteiger partial charge in [0.1, 0.15) is 0 Å². The van der Waals surface area contributed by atoms with Crippen LogP contribution < -0.4 is 0 Å². The summed E-state index contributed by atoms with van der Waals surface area (Å²) in [5.41, 5.74) is 0. The number of nitrogens with one attached hydrogen (secondary N) is 2. The predicted octanol–water partition coefficient (Wildman–Crippen LogP) is 6.00. The Kier molecular flexibility index (Phi) is 6.27. The molecular formula is C21H18N2. The van der Waals surface area contributed by atoms with Gasteiger partial charge in [-0.1, -0.05) is 97.1 Å². The fraction of sp³-hybridized carbons (Fsp3) is 0. The maximum Gasteiger partial charge on any atom is 0.0831 e. The molecule has 4 aromatic rings. The molecule has 0 bridgehead atoms. The van der Waals surface area contributed by atoms with Crippen molar-refractivity contribution in [2.24, 2.45) is 0 Å². The smallest absolute Gasteiger partial charge is 0.0831 e. The van der Waals surface area contributed by atoms with Gasteiger partial charge in [-0.3, -0.25) is 0 Å². The van der Waals surface area contributed by atoms with Gasteiger partial charge < -0.3 is 0 Å². The van der Waals surface area contributed by atoms with Gasteiger partial charge in [0.2, 0.25) is 0 Å². The molecule has 112 valence electrons. The fourth-order valence-corrected chi connectivity index (χ4v) is 2.27. The average molecular weight is 298 g/mol. The summed E-state index contributed by atoms with van der Waals surface area (Å²) >= 11 is 0. The zero-order chi connectivity index (χ0) is 16.3. The molecule has 0 fully saturated rings. The highest BCUT2D eigenvalue weighted by Crippen LogP contribution is 2.11. The summed E-state index contributed by atoms with van der Waals surface area (Å²) in [4.78, 5) is 0. The van der Waals surface area contributed by atoms with Crippen LogP contribution in [0.1, 0.15) is 0 Å².